The van der Waals surface area contributed by atoms with Crippen molar-refractivity contribution in [1.82, 2.24) is 10.2 Å². The van der Waals surface area contributed by atoms with E-state index in [0.29, 0.717) is 6.10 Å². The summed E-state index contributed by atoms with van der Waals surface area (Å²) in [5, 5.41) is 3.83. The van der Waals surface area contributed by atoms with Gasteiger partial charge in [0.2, 0.25) is 0 Å². The highest BCUT2D eigenvalue weighted by molar-refractivity contribution is 4.83. The molecule has 0 bridgehead atoms. The summed E-state index contributed by atoms with van der Waals surface area (Å²) in [5.41, 5.74) is 0. The highest BCUT2D eigenvalue weighted by atomic mass is 16.5. The highest BCUT2D eigenvalue weighted by Gasteiger charge is 2.26. The van der Waals surface area contributed by atoms with Crippen molar-refractivity contribution in [2.45, 2.75) is 77.4 Å². The molecule has 1 saturated heterocycles. The lowest BCUT2D eigenvalue weighted by Gasteiger charge is -2.32. The van der Waals surface area contributed by atoms with Gasteiger partial charge < -0.3 is 15.0 Å². The average Bonchev–Trinajstić information content (AvgIpc) is 2.91. The Morgan fingerprint density at radius 3 is 2.57 bits per heavy atom. The second-order valence-electron chi connectivity index (χ2n) is 6.95. The van der Waals surface area contributed by atoms with Crippen LogP contribution in [0, 0.1) is 5.92 Å². The van der Waals surface area contributed by atoms with Crippen LogP contribution in [0.15, 0.2) is 0 Å². The van der Waals surface area contributed by atoms with E-state index in [1.165, 1.54) is 64.5 Å². The fourth-order valence-electron chi connectivity index (χ4n) is 3.94. The van der Waals surface area contributed by atoms with Crippen molar-refractivity contribution in [1.29, 1.82) is 0 Å². The Labute approximate surface area is 131 Å². The average molecular weight is 296 g/mol. The van der Waals surface area contributed by atoms with E-state index in [2.05, 4.69) is 24.1 Å². The Morgan fingerprint density at radius 2 is 1.86 bits per heavy atom. The molecule has 21 heavy (non-hydrogen) atoms. The van der Waals surface area contributed by atoms with Crippen LogP contribution in [0.2, 0.25) is 0 Å². The monoisotopic (exact) mass is 296 g/mol. The van der Waals surface area contributed by atoms with Gasteiger partial charge in [-0.15, -0.1) is 0 Å². The molecule has 1 N–H and O–H groups in total. The maximum atomic E-state index is 5.83. The Hall–Kier alpha value is -0.120. The predicted octanol–water partition coefficient (Wildman–Crippen LogP) is 3.44. The van der Waals surface area contributed by atoms with Crippen LogP contribution in [0.25, 0.3) is 0 Å². The van der Waals surface area contributed by atoms with E-state index >= 15 is 0 Å². The third kappa shape index (κ3) is 5.88. The largest absolute Gasteiger partial charge is 0.377 e. The summed E-state index contributed by atoms with van der Waals surface area (Å²) < 4.78 is 5.83. The van der Waals surface area contributed by atoms with E-state index in [4.69, 9.17) is 4.74 Å². The maximum Gasteiger partial charge on any atom is 0.0702 e. The quantitative estimate of drug-likeness (QED) is 0.695. The second-order valence-corrected chi connectivity index (χ2v) is 6.95. The Morgan fingerprint density at radius 1 is 1.00 bits per heavy atom. The third-order valence-electron chi connectivity index (χ3n) is 5.24. The molecule has 0 amide bonds. The molecule has 0 aromatic heterocycles. The first-order valence-corrected chi connectivity index (χ1v) is 9.40. The minimum Gasteiger partial charge on any atom is -0.377 e. The van der Waals surface area contributed by atoms with Crippen molar-refractivity contribution >= 4 is 0 Å². The number of hydrogen-bond donors (Lipinski definition) is 1. The lowest BCUT2D eigenvalue weighted by molar-refractivity contribution is 0.0660. The van der Waals surface area contributed by atoms with E-state index < -0.39 is 0 Å². The molecule has 0 radical (unpaired) electrons. The van der Waals surface area contributed by atoms with Gasteiger partial charge in [0.25, 0.3) is 0 Å². The molecule has 1 saturated carbocycles. The van der Waals surface area contributed by atoms with Crippen LogP contribution < -0.4 is 5.32 Å². The molecular formula is C18H36N2O. The molecule has 3 nitrogen and oxygen atoms in total. The van der Waals surface area contributed by atoms with Crippen molar-refractivity contribution < 1.29 is 4.74 Å². The van der Waals surface area contributed by atoms with Gasteiger partial charge in [0.05, 0.1) is 6.10 Å². The number of ether oxygens (including phenoxy) is 1. The summed E-state index contributed by atoms with van der Waals surface area (Å²) in [5.74, 6) is 0.834. The van der Waals surface area contributed by atoms with Crippen molar-refractivity contribution in [2.75, 3.05) is 32.8 Å². The number of nitrogens with zero attached hydrogens (tertiary/aromatic N) is 1. The molecule has 3 heteroatoms. The van der Waals surface area contributed by atoms with E-state index in [1.54, 1.807) is 0 Å². The van der Waals surface area contributed by atoms with Crippen molar-refractivity contribution in [3.05, 3.63) is 0 Å². The van der Waals surface area contributed by atoms with Gasteiger partial charge in [0.15, 0.2) is 0 Å². The molecule has 1 aliphatic heterocycles. The Kier molecular flexibility index (Phi) is 8.05. The van der Waals surface area contributed by atoms with Crippen molar-refractivity contribution in [2.24, 2.45) is 5.92 Å². The minimum atomic E-state index is 0.498. The second kappa shape index (κ2) is 9.81. The van der Waals surface area contributed by atoms with Crippen LogP contribution in [0.1, 0.15) is 65.2 Å². The number of nitrogens with one attached hydrogen (secondary N) is 1. The van der Waals surface area contributed by atoms with E-state index in [9.17, 15) is 0 Å². The minimum absolute atomic E-state index is 0.498. The molecule has 0 spiro atoms. The molecule has 1 heterocycles. The van der Waals surface area contributed by atoms with Crippen LogP contribution in [0.5, 0.6) is 0 Å². The van der Waals surface area contributed by atoms with Gasteiger partial charge in [-0.05, 0) is 51.1 Å². The predicted molar refractivity (Wildman–Crippen MR) is 89.7 cm³/mol. The zero-order valence-electron chi connectivity index (χ0n) is 14.3. The van der Waals surface area contributed by atoms with Gasteiger partial charge in [-0.25, -0.2) is 0 Å². The first-order chi connectivity index (χ1) is 10.3. The highest BCUT2D eigenvalue weighted by Crippen LogP contribution is 2.25. The van der Waals surface area contributed by atoms with Gasteiger partial charge >= 0.3 is 0 Å². The maximum absolute atomic E-state index is 5.83. The molecular weight excluding hydrogens is 260 g/mol. The van der Waals surface area contributed by atoms with E-state index in [0.717, 1.165) is 31.7 Å². The number of likely N-dealkylation sites (N-methyl/N-ethyl adjacent to an activating group) is 1. The normalized spacial score (nSPS) is 30.7. The summed E-state index contributed by atoms with van der Waals surface area (Å²) in [6.45, 7) is 10.3. The molecule has 0 aromatic carbocycles. The molecule has 1 aliphatic carbocycles. The van der Waals surface area contributed by atoms with Gasteiger partial charge in [-0.1, -0.05) is 33.1 Å². The Balaban J connectivity index is 1.84. The first-order valence-electron chi connectivity index (χ1n) is 9.40. The third-order valence-corrected chi connectivity index (χ3v) is 5.24. The fraction of sp³-hybridized carbons (Fsp3) is 1.00. The Bertz CT molecular complexity index is 266. The summed E-state index contributed by atoms with van der Waals surface area (Å²) >= 11 is 0. The van der Waals surface area contributed by atoms with Crippen molar-refractivity contribution in [3.63, 3.8) is 0 Å². The molecule has 2 aliphatic rings. The number of hydrogen-bond acceptors (Lipinski definition) is 3. The van der Waals surface area contributed by atoms with Crippen LogP contribution in [-0.2, 0) is 4.74 Å². The van der Waals surface area contributed by atoms with Crippen LogP contribution >= 0.6 is 0 Å². The lowest BCUT2D eigenvalue weighted by Crippen LogP contribution is -2.44. The van der Waals surface area contributed by atoms with Crippen LogP contribution in [0.3, 0.4) is 0 Å². The van der Waals surface area contributed by atoms with Gasteiger partial charge in [0.1, 0.15) is 0 Å². The summed E-state index contributed by atoms with van der Waals surface area (Å²) in [7, 11) is 0. The number of rotatable bonds is 8. The SMILES string of the molecule is CCCNC1CCCCCC1CN(CC)CC1CCCO1. The molecule has 3 atom stereocenters. The van der Waals surface area contributed by atoms with Gasteiger partial charge in [0, 0.05) is 25.7 Å². The topological polar surface area (TPSA) is 24.5 Å². The summed E-state index contributed by atoms with van der Waals surface area (Å²) in [6, 6.07) is 0.742. The fourth-order valence-corrected chi connectivity index (χ4v) is 3.94. The van der Waals surface area contributed by atoms with Crippen LogP contribution in [0.4, 0.5) is 0 Å². The lowest BCUT2D eigenvalue weighted by atomic mass is 9.93. The molecule has 0 aromatic rings. The van der Waals surface area contributed by atoms with E-state index in [1.807, 2.05) is 0 Å². The molecule has 3 unspecified atom stereocenters. The summed E-state index contributed by atoms with van der Waals surface area (Å²) in [6.07, 6.45) is 11.3. The molecule has 2 rings (SSSR count). The first kappa shape index (κ1) is 17.2. The smallest absolute Gasteiger partial charge is 0.0702 e. The molecule has 2 fully saturated rings. The van der Waals surface area contributed by atoms with Crippen LogP contribution in [-0.4, -0.2) is 49.8 Å². The zero-order chi connectivity index (χ0) is 14.9. The molecule has 124 valence electrons. The van der Waals surface area contributed by atoms with Gasteiger partial charge in [-0.3, -0.25) is 0 Å². The van der Waals surface area contributed by atoms with Crippen molar-refractivity contribution in [3.8, 4) is 0 Å². The summed E-state index contributed by atoms with van der Waals surface area (Å²) in [4.78, 5) is 2.65. The zero-order valence-corrected chi connectivity index (χ0v) is 14.3. The van der Waals surface area contributed by atoms with E-state index in [-0.39, 0.29) is 0 Å². The standard InChI is InChI=1S/C18H36N2O/c1-3-12-19-18-11-7-5-6-9-16(18)14-20(4-2)15-17-10-8-13-21-17/h16-19H,3-15H2,1-2H3. The van der Waals surface area contributed by atoms with Gasteiger partial charge in [-0.2, -0.15) is 0 Å².